The third-order valence-electron chi connectivity index (χ3n) is 23.8. The van der Waals surface area contributed by atoms with Crippen LogP contribution in [0.25, 0.3) is 39.2 Å². The molecule has 0 spiro atoms. The number of fused-ring (bicyclic) bond motifs is 7. The number of amides is 10. The highest BCUT2D eigenvalue weighted by atomic mass is 19.4. The summed E-state index contributed by atoms with van der Waals surface area (Å²) in [6, 6.07) is 47.4. The summed E-state index contributed by atoms with van der Waals surface area (Å²) >= 11 is 0. The van der Waals surface area contributed by atoms with E-state index in [9.17, 15) is 61.1 Å². The second-order valence-electron chi connectivity index (χ2n) is 33.6. The molecule has 694 valence electrons. The third kappa shape index (κ3) is 20.5. The van der Waals surface area contributed by atoms with Gasteiger partial charge in [-0.25, -0.2) is 37.4 Å². The van der Waals surface area contributed by atoms with Gasteiger partial charge in [-0.2, -0.15) is 13.2 Å². The first-order chi connectivity index (χ1) is 64.2. The Morgan fingerprint density at radius 1 is 0.388 bits per heavy atom. The van der Waals surface area contributed by atoms with Crippen molar-refractivity contribution >= 4 is 75.8 Å². The second-order valence-corrected chi connectivity index (χ2v) is 33.6. The minimum Gasteiger partial charge on any atom is -0.466 e. The van der Waals surface area contributed by atoms with Crippen molar-refractivity contribution in [2.24, 2.45) is 7.05 Å². The van der Waals surface area contributed by atoms with Crippen LogP contribution in [0, 0.1) is 13.8 Å². The van der Waals surface area contributed by atoms with Crippen molar-refractivity contribution in [3.63, 3.8) is 0 Å². The molecule has 0 saturated carbocycles. The topological polar surface area (TPSA) is 434 Å². The van der Waals surface area contributed by atoms with E-state index in [2.05, 4.69) is 30.7 Å². The lowest BCUT2D eigenvalue weighted by atomic mass is 9.86. The standard InChI is InChI=1S/C24H21F3N4O4.C20H18N4O3.C19H23N3O3.C16H15N5O3.C16H19N3O4/c1-29-18-10-20(14-3-5-16(6-4-14)24(25,26)27)35-21(18)11-19(29)23(33)31-8-2-7-30-12-15(22(32)28-34)9-17(30)13-31;25-19(22-27)17-12-23-10-11-24(13-18(23)21-17)20(26)16-8-6-15(7-9-16)14-4-2-1-3-5-14;1-19(2,3)15-6-4-13(5-7-15)18(24)22-9-8-21-11-14(17(23)20-25)10-16(21)12-22;22-15(18-24)11-7-12-9-21(6-5-19(12)8-11)16(23)13-10-20-4-2-1-3-14(20)17-13;1-10-6-14(11(2)23-10)16(21)19-5-3-4-18-8-12(15(20)17-22)7-13(18)9-19/h3-6,9-12,34H,2,7-8,13H2,1H3,(H,28,32);1-9,12,27H,10-11,13H2,(H,22,25);4-7,10-11,25H,8-9,12H2,1-3H3,(H,20,23);1-4,7-8,10,24H,5-6,9H2,(H,18,22);6-8,22H,3-5,9H2,1-2H3,(H,17,20). The van der Waals surface area contributed by atoms with E-state index in [0.29, 0.717) is 188 Å². The summed E-state index contributed by atoms with van der Waals surface area (Å²) in [4.78, 5) is 139. The highest BCUT2D eigenvalue weighted by Gasteiger charge is 2.34. The van der Waals surface area contributed by atoms with Gasteiger partial charge in [0.25, 0.3) is 59.1 Å². The Balaban J connectivity index is 0.000000129. The average molecular weight is 1830 g/mol. The van der Waals surface area contributed by atoms with Crippen LogP contribution in [0.5, 0.6) is 0 Å². The number of nitrogens with one attached hydrogen (secondary N) is 5. The Labute approximate surface area is 763 Å². The first-order valence-corrected chi connectivity index (χ1v) is 42.8. The number of imidazole rings is 2. The predicted molar refractivity (Wildman–Crippen MR) is 475 cm³/mol. The molecule has 0 radical (unpaired) electrons. The van der Waals surface area contributed by atoms with E-state index in [1.54, 1.807) is 150 Å². The zero-order valence-corrected chi connectivity index (χ0v) is 73.7. The number of halogens is 3. The second kappa shape index (κ2) is 39.5. The van der Waals surface area contributed by atoms with Crippen LogP contribution in [-0.4, -0.2) is 184 Å². The lowest BCUT2D eigenvalue weighted by molar-refractivity contribution is -0.137. The number of nitrogens with zero attached hydrogens (tertiary/aromatic N) is 14. The zero-order chi connectivity index (χ0) is 95.1. The molecule has 0 saturated heterocycles. The SMILES string of the molecule is CC(C)(C)c1ccc(C(=O)N2CCn3cc(C(=O)NO)cc3C2)cc1.Cc1cc(C(=O)N2CCCn3cc(C(=O)NO)cc3C2)c(C)o1.Cn1c(C(=O)N2CCCn3cc(C(=O)NO)cc3C2)cc2oc(-c3ccc(C(F)(F)F)cc3)cc21.O=C(NO)c1cc2n(c1)CCN(C(=O)c1cn3ccccc3n1)C2.O=C(NO)c1cn2c(n1)CN(C(=O)c1ccc(-c3ccccc3)cc1)CC2. The van der Waals surface area contributed by atoms with E-state index in [1.807, 2.05) is 137 Å². The Kier molecular flexibility index (Phi) is 27.4. The lowest BCUT2D eigenvalue weighted by Gasteiger charge is -2.29. The number of aryl methyl sites for hydroxylation is 5. The van der Waals surface area contributed by atoms with Gasteiger partial charge in [-0.1, -0.05) is 93.6 Å². The molecule has 10 N–H and O–H groups in total. The molecule has 39 heteroatoms. The summed E-state index contributed by atoms with van der Waals surface area (Å²) in [7, 11) is 1.73. The van der Waals surface area contributed by atoms with E-state index in [0.717, 1.165) is 64.6 Å². The van der Waals surface area contributed by atoms with Crippen molar-refractivity contribution in [3.05, 3.63) is 314 Å². The van der Waals surface area contributed by atoms with Crippen LogP contribution in [0.2, 0.25) is 0 Å². The smallest absolute Gasteiger partial charge is 0.416 e. The average Bonchev–Trinajstić information content (AvgIpc) is 1.60. The van der Waals surface area contributed by atoms with Gasteiger partial charge in [0.05, 0.1) is 71.6 Å². The molecule has 5 aliphatic rings. The van der Waals surface area contributed by atoms with E-state index in [4.69, 9.17) is 34.9 Å². The molecule has 5 aliphatic heterocycles. The van der Waals surface area contributed by atoms with Gasteiger partial charge in [-0.05, 0) is 128 Å². The summed E-state index contributed by atoms with van der Waals surface area (Å²) in [5.74, 6) is -1.08. The van der Waals surface area contributed by atoms with Gasteiger partial charge in [0.15, 0.2) is 5.58 Å². The normalized spacial score (nSPS) is 13.9. The number of benzene rings is 4. The fraction of sp³-hybridized carbons (Fsp3) is 0.263. The fourth-order valence-corrected chi connectivity index (χ4v) is 16.6. The van der Waals surface area contributed by atoms with Crippen LogP contribution in [0.15, 0.2) is 216 Å². The zero-order valence-electron chi connectivity index (χ0n) is 73.7. The molecule has 134 heavy (non-hydrogen) atoms. The number of hydroxylamine groups is 5. The molecule has 15 heterocycles. The Morgan fingerprint density at radius 3 is 1.30 bits per heavy atom. The van der Waals surface area contributed by atoms with Crippen LogP contribution in [-0.2, 0) is 84.1 Å². The van der Waals surface area contributed by atoms with Gasteiger partial charge in [0, 0.05) is 167 Å². The van der Waals surface area contributed by atoms with E-state index in [1.165, 1.54) is 17.7 Å². The van der Waals surface area contributed by atoms with E-state index >= 15 is 0 Å². The third-order valence-corrected chi connectivity index (χ3v) is 23.8. The quantitative estimate of drug-likeness (QED) is 0.0401. The van der Waals surface area contributed by atoms with Crippen molar-refractivity contribution in [2.45, 2.75) is 124 Å². The summed E-state index contributed by atoms with van der Waals surface area (Å²) in [6.45, 7) is 17.8. The van der Waals surface area contributed by atoms with Crippen LogP contribution < -0.4 is 27.4 Å². The van der Waals surface area contributed by atoms with Crippen molar-refractivity contribution in [1.29, 1.82) is 0 Å². The van der Waals surface area contributed by atoms with Gasteiger partial charge >= 0.3 is 6.18 Å². The molecule has 19 rings (SSSR count). The maximum absolute atomic E-state index is 13.4. The van der Waals surface area contributed by atoms with Gasteiger partial charge in [0.2, 0.25) is 0 Å². The van der Waals surface area contributed by atoms with E-state index < -0.39 is 41.3 Å². The highest BCUT2D eigenvalue weighted by molar-refractivity contribution is 6.01. The highest BCUT2D eigenvalue weighted by Crippen LogP contribution is 2.36. The van der Waals surface area contributed by atoms with Crippen molar-refractivity contribution in [3.8, 4) is 22.5 Å². The maximum atomic E-state index is 13.4. The Bertz CT molecular complexity index is 6730. The number of furan rings is 2. The van der Waals surface area contributed by atoms with E-state index in [-0.39, 0.29) is 40.6 Å². The number of carbonyl (C=O) groups is 10. The number of hydrogen-bond acceptors (Lipinski definition) is 19. The molecule has 0 aliphatic carbocycles. The summed E-state index contributed by atoms with van der Waals surface area (Å²) < 4.78 is 62.8. The van der Waals surface area contributed by atoms with Crippen molar-refractivity contribution in [2.75, 3.05) is 32.7 Å². The van der Waals surface area contributed by atoms with Gasteiger partial charge in [-0.15, -0.1) is 0 Å². The molecule has 36 nitrogen and oxygen atoms in total. The number of aromatic nitrogens is 9. The monoisotopic (exact) mass is 1830 g/mol. The Morgan fingerprint density at radius 2 is 0.828 bits per heavy atom. The molecule has 0 bridgehead atoms. The predicted octanol–water partition coefficient (Wildman–Crippen LogP) is 12.1. The first-order valence-electron chi connectivity index (χ1n) is 42.8. The van der Waals surface area contributed by atoms with Crippen LogP contribution in [0.3, 0.4) is 0 Å². The molecule has 0 fully saturated rings. The molecular weight excluding hydrogens is 1740 g/mol. The molecule has 10 aromatic heterocycles. The largest absolute Gasteiger partial charge is 0.466 e. The fourth-order valence-electron chi connectivity index (χ4n) is 16.6. The Hall–Kier alpha value is -15.7. The molecule has 0 unspecified atom stereocenters. The van der Waals surface area contributed by atoms with Crippen LogP contribution >= 0.6 is 0 Å². The number of hydrogen-bond donors (Lipinski definition) is 10. The molecule has 14 aromatic rings. The maximum Gasteiger partial charge on any atom is 0.416 e. The lowest BCUT2D eigenvalue weighted by Crippen LogP contribution is -2.38. The molecule has 4 aromatic carbocycles. The summed E-state index contributed by atoms with van der Waals surface area (Å²) in [5.41, 5.74) is 20.7. The number of pyridine rings is 1. The minimum absolute atomic E-state index is 0.0129. The van der Waals surface area contributed by atoms with Crippen molar-refractivity contribution in [1.82, 2.24) is 93.7 Å². The molecule has 10 amide bonds. The first kappa shape index (κ1) is 93.0. The molecular formula is C95H96F3N19O17. The minimum atomic E-state index is -4.41. The number of rotatable bonds is 12. The number of alkyl halides is 3. The van der Waals surface area contributed by atoms with Gasteiger partial charge < -0.3 is 65.1 Å². The number of carbonyl (C=O) groups excluding carboxylic acids is 10. The van der Waals surface area contributed by atoms with Gasteiger partial charge in [-0.3, -0.25) is 74.0 Å². The summed E-state index contributed by atoms with van der Waals surface area (Å²) in [6.07, 6.45) is 8.93. The van der Waals surface area contributed by atoms with Gasteiger partial charge in [0.1, 0.15) is 45.8 Å². The van der Waals surface area contributed by atoms with Crippen LogP contribution in [0.4, 0.5) is 13.2 Å². The molecule has 0 atom stereocenters. The summed E-state index contributed by atoms with van der Waals surface area (Å²) in [5, 5.41) is 43.8. The van der Waals surface area contributed by atoms with Crippen LogP contribution in [0.1, 0.15) is 189 Å². The van der Waals surface area contributed by atoms with Crippen molar-refractivity contribution < 1.29 is 96.0 Å².